The molecule has 8 nitrogen and oxygen atoms in total. The van der Waals surface area contributed by atoms with Crippen LogP contribution in [0.15, 0.2) is 33.6 Å². The van der Waals surface area contributed by atoms with Crippen LogP contribution in [0.4, 0.5) is 0 Å². The Hall–Kier alpha value is -2.42. The van der Waals surface area contributed by atoms with Crippen molar-refractivity contribution in [2.24, 2.45) is 10.3 Å². The van der Waals surface area contributed by atoms with Gasteiger partial charge in [0.15, 0.2) is 11.9 Å². The van der Waals surface area contributed by atoms with Crippen molar-refractivity contribution in [3.05, 3.63) is 29.8 Å². The molecule has 0 bridgehead atoms. The molecule has 3 rings (SSSR count). The lowest BCUT2D eigenvalue weighted by Gasteiger charge is -2.35. The average Bonchev–Trinajstić information content (AvgIpc) is 2.97. The largest absolute Gasteiger partial charge is 0.451 e. The minimum Gasteiger partial charge on any atom is -0.451 e. The summed E-state index contributed by atoms with van der Waals surface area (Å²) in [6, 6.07) is 5.92. The number of esters is 1. The Morgan fingerprint density at radius 2 is 1.97 bits per heavy atom. The maximum absolute atomic E-state index is 12.8. The average molecular weight is 422 g/mol. The molecule has 2 heterocycles. The quantitative estimate of drug-likeness (QED) is 0.726. The molecule has 9 heteroatoms. The molecule has 0 spiro atoms. The van der Waals surface area contributed by atoms with E-state index in [-0.39, 0.29) is 22.6 Å². The van der Waals surface area contributed by atoms with Crippen molar-refractivity contribution in [1.82, 2.24) is 10.2 Å². The SMILES string of the molecule is CC(C)CNC(=O)[C@@H](C)OC(=O)[C@@H]1CCCCN1C1=NS(=O)(=O)c2ccccc21. The zero-order chi connectivity index (χ0) is 21.2. The van der Waals surface area contributed by atoms with Crippen LogP contribution in [0, 0.1) is 5.92 Å². The van der Waals surface area contributed by atoms with E-state index in [0.717, 1.165) is 12.8 Å². The smallest absolute Gasteiger partial charge is 0.329 e. The summed E-state index contributed by atoms with van der Waals surface area (Å²) in [5, 5.41) is 2.75. The van der Waals surface area contributed by atoms with E-state index in [1.54, 1.807) is 23.1 Å². The molecule has 0 unspecified atom stereocenters. The van der Waals surface area contributed by atoms with Gasteiger partial charge in [0.2, 0.25) is 0 Å². The highest BCUT2D eigenvalue weighted by molar-refractivity contribution is 7.90. The molecule has 1 saturated heterocycles. The number of likely N-dealkylation sites (tertiary alicyclic amines) is 1. The van der Waals surface area contributed by atoms with Gasteiger partial charge >= 0.3 is 5.97 Å². The van der Waals surface area contributed by atoms with Crippen molar-refractivity contribution in [1.29, 1.82) is 0 Å². The third kappa shape index (κ3) is 4.60. The summed E-state index contributed by atoms with van der Waals surface area (Å²) in [6.45, 7) is 6.49. The normalized spacial score (nSPS) is 21.3. The number of hydrogen-bond acceptors (Lipinski definition) is 6. The number of carbonyl (C=O) groups is 2. The number of amidine groups is 1. The summed E-state index contributed by atoms with van der Waals surface area (Å²) in [6.07, 6.45) is 1.22. The van der Waals surface area contributed by atoms with Gasteiger partial charge in [-0.2, -0.15) is 8.42 Å². The van der Waals surface area contributed by atoms with Gasteiger partial charge < -0.3 is 15.0 Å². The summed E-state index contributed by atoms with van der Waals surface area (Å²) in [7, 11) is -3.78. The van der Waals surface area contributed by atoms with Crippen molar-refractivity contribution >= 4 is 27.7 Å². The topological polar surface area (TPSA) is 105 Å². The molecule has 158 valence electrons. The molecule has 0 aliphatic carbocycles. The van der Waals surface area contributed by atoms with Crippen LogP contribution in [0.2, 0.25) is 0 Å². The predicted octanol–water partition coefficient (Wildman–Crippen LogP) is 1.69. The molecule has 1 fully saturated rings. The third-order valence-corrected chi connectivity index (χ3v) is 6.33. The molecule has 1 amide bonds. The van der Waals surface area contributed by atoms with Crippen LogP contribution >= 0.6 is 0 Å². The van der Waals surface area contributed by atoms with Crippen LogP contribution in [0.3, 0.4) is 0 Å². The second kappa shape index (κ2) is 8.52. The van der Waals surface area contributed by atoms with Crippen LogP contribution in [-0.4, -0.2) is 56.3 Å². The first kappa shape index (κ1) is 21.3. The number of piperidine rings is 1. The van der Waals surface area contributed by atoms with Crippen LogP contribution in [0.25, 0.3) is 0 Å². The molecule has 0 saturated carbocycles. The number of fused-ring (bicyclic) bond motifs is 1. The highest BCUT2D eigenvalue weighted by Gasteiger charge is 2.39. The molecular formula is C20H27N3O5S. The lowest BCUT2D eigenvalue weighted by Crippen LogP contribution is -2.50. The van der Waals surface area contributed by atoms with Crippen LogP contribution < -0.4 is 5.32 Å². The molecule has 2 aliphatic rings. The summed E-state index contributed by atoms with van der Waals surface area (Å²) >= 11 is 0. The number of nitrogens with zero attached hydrogens (tertiary/aromatic N) is 2. The molecule has 0 radical (unpaired) electrons. The van der Waals surface area contributed by atoms with Crippen molar-refractivity contribution in [2.75, 3.05) is 13.1 Å². The zero-order valence-corrected chi connectivity index (χ0v) is 17.7. The Labute approximate surface area is 171 Å². The van der Waals surface area contributed by atoms with Crippen LogP contribution in [0.5, 0.6) is 0 Å². The number of amides is 1. The fraction of sp³-hybridized carbons (Fsp3) is 0.550. The van der Waals surface area contributed by atoms with Gasteiger partial charge in [0.05, 0.1) is 0 Å². The van der Waals surface area contributed by atoms with Gasteiger partial charge in [-0.1, -0.05) is 26.0 Å². The van der Waals surface area contributed by atoms with Crippen molar-refractivity contribution in [3.8, 4) is 0 Å². The number of sulfonamides is 1. The maximum atomic E-state index is 12.8. The van der Waals surface area contributed by atoms with Gasteiger partial charge in [-0.05, 0) is 44.2 Å². The van der Waals surface area contributed by atoms with Gasteiger partial charge in [-0.3, -0.25) is 4.79 Å². The van der Waals surface area contributed by atoms with E-state index in [9.17, 15) is 18.0 Å². The first-order chi connectivity index (χ1) is 13.7. The molecule has 1 aromatic rings. The van der Waals surface area contributed by atoms with E-state index in [4.69, 9.17) is 4.74 Å². The number of carbonyl (C=O) groups excluding carboxylic acids is 2. The van der Waals surface area contributed by atoms with Gasteiger partial charge in [-0.15, -0.1) is 4.40 Å². The summed E-state index contributed by atoms with van der Waals surface area (Å²) in [5.41, 5.74) is 0.495. The Morgan fingerprint density at radius 1 is 1.24 bits per heavy atom. The molecule has 2 atom stereocenters. The standard InChI is InChI=1S/C20H27N3O5S/c1-13(2)12-21-19(24)14(3)28-20(25)16-9-6-7-11-23(16)18-15-8-4-5-10-17(15)29(26,27)22-18/h4-5,8,10,13-14,16H,6-7,9,11-12H2,1-3H3,(H,21,24)/t14-,16+/m1/s1. The van der Waals surface area contributed by atoms with Crippen LogP contribution in [-0.2, 0) is 24.3 Å². The molecule has 1 aromatic carbocycles. The third-order valence-electron chi connectivity index (χ3n) is 5.01. The van der Waals surface area contributed by atoms with E-state index >= 15 is 0 Å². The Bertz CT molecular complexity index is 926. The van der Waals surface area contributed by atoms with E-state index in [1.165, 1.54) is 13.0 Å². The van der Waals surface area contributed by atoms with Gasteiger partial charge in [0, 0.05) is 18.7 Å². The highest BCUT2D eigenvalue weighted by atomic mass is 32.2. The van der Waals surface area contributed by atoms with E-state index in [2.05, 4.69) is 9.71 Å². The molecular weight excluding hydrogens is 394 g/mol. The predicted molar refractivity (Wildman–Crippen MR) is 108 cm³/mol. The Morgan fingerprint density at radius 3 is 2.69 bits per heavy atom. The fourth-order valence-electron chi connectivity index (χ4n) is 3.48. The van der Waals surface area contributed by atoms with Crippen molar-refractivity contribution in [3.63, 3.8) is 0 Å². The minimum absolute atomic E-state index is 0.147. The van der Waals surface area contributed by atoms with E-state index < -0.39 is 28.1 Å². The maximum Gasteiger partial charge on any atom is 0.329 e. The lowest BCUT2D eigenvalue weighted by atomic mass is 10.0. The van der Waals surface area contributed by atoms with Gasteiger partial charge in [0.25, 0.3) is 15.9 Å². The number of ether oxygens (including phenoxy) is 1. The highest BCUT2D eigenvalue weighted by Crippen LogP contribution is 2.31. The number of nitrogens with one attached hydrogen (secondary N) is 1. The second-order valence-electron chi connectivity index (χ2n) is 7.81. The lowest BCUT2D eigenvalue weighted by molar-refractivity contribution is -0.159. The first-order valence-corrected chi connectivity index (χ1v) is 11.3. The van der Waals surface area contributed by atoms with Gasteiger partial charge in [-0.25, -0.2) is 4.79 Å². The van der Waals surface area contributed by atoms with Crippen LogP contribution in [0.1, 0.15) is 45.6 Å². The summed E-state index contributed by atoms with van der Waals surface area (Å²) < 4.78 is 34.1. The molecule has 29 heavy (non-hydrogen) atoms. The van der Waals surface area contributed by atoms with Crippen molar-refractivity contribution in [2.45, 2.75) is 57.1 Å². The first-order valence-electron chi connectivity index (χ1n) is 9.90. The fourth-order valence-corrected chi connectivity index (χ4v) is 4.70. The van der Waals surface area contributed by atoms with Crippen molar-refractivity contribution < 1.29 is 22.7 Å². The Balaban J connectivity index is 1.77. The number of hydrogen-bond donors (Lipinski definition) is 1. The second-order valence-corrected chi connectivity index (χ2v) is 9.38. The molecule has 0 aromatic heterocycles. The van der Waals surface area contributed by atoms with E-state index in [1.807, 2.05) is 13.8 Å². The monoisotopic (exact) mass is 421 g/mol. The minimum atomic E-state index is -3.78. The summed E-state index contributed by atoms with van der Waals surface area (Å²) in [5.74, 6) is -0.320. The van der Waals surface area contributed by atoms with E-state index in [0.29, 0.717) is 25.1 Å². The Kier molecular flexibility index (Phi) is 6.26. The van der Waals surface area contributed by atoms with Gasteiger partial charge in [0.1, 0.15) is 10.9 Å². The number of rotatable bonds is 5. The molecule has 2 aliphatic heterocycles. The zero-order valence-electron chi connectivity index (χ0n) is 16.9. The number of benzene rings is 1. The molecule has 1 N–H and O–H groups in total. The summed E-state index contributed by atoms with van der Waals surface area (Å²) in [4.78, 5) is 26.8.